The zero-order chi connectivity index (χ0) is 35.6. The molecule has 0 bridgehead atoms. The Kier molecular flexibility index (Phi) is 11.1. The highest BCUT2D eigenvalue weighted by Crippen LogP contribution is 2.38. The molecule has 0 saturated carbocycles. The van der Waals surface area contributed by atoms with Crippen molar-refractivity contribution in [3.05, 3.63) is 193 Å². The van der Waals surface area contributed by atoms with Crippen molar-refractivity contribution in [3.8, 4) is 22.3 Å². The molecular formula is C48H42N2O. The van der Waals surface area contributed by atoms with Gasteiger partial charge in [0.05, 0.1) is 0 Å². The van der Waals surface area contributed by atoms with Crippen LogP contribution < -0.4 is 5.73 Å². The van der Waals surface area contributed by atoms with E-state index in [-0.39, 0.29) is 0 Å². The summed E-state index contributed by atoms with van der Waals surface area (Å²) in [5.41, 5.74) is 15.0. The van der Waals surface area contributed by atoms with E-state index in [1.54, 1.807) is 6.08 Å². The normalized spacial score (nSPS) is 11.3. The maximum atomic E-state index is 7.86. The number of aryl methyl sites for hydroxylation is 1. The molecule has 8 aromatic rings. The molecule has 8 rings (SSSR count). The number of hydrogen-bond acceptors (Lipinski definition) is 3. The molecule has 0 radical (unpaired) electrons. The standard InChI is InChI=1S/C33H21NO.C8H13N.C7H8/c34-20-25-7-5-11-32-33(25)30-19-24(16-17-31(30)35-32)28-10-4-3-9-27(28)23-15-14-22-13-12-21-6-1-2-8-26(21)29(22)18-23;1-3-5-6-8(4-2)7-9;1-7-5-3-2-4-6-7/h1-20,34H;3-6H,1,7,9H2,2H3;2-6H,1H3/b;6-5-,8-4+;. The van der Waals surface area contributed by atoms with Gasteiger partial charge in [-0.1, -0.05) is 158 Å². The first-order valence-electron chi connectivity index (χ1n) is 17.2. The van der Waals surface area contributed by atoms with Crippen LogP contribution in [-0.2, 0) is 0 Å². The molecule has 7 aromatic carbocycles. The summed E-state index contributed by atoms with van der Waals surface area (Å²) in [7, 11) is 0. The monoisotopic (exact) mass is 662 g/mol. The predicted molar refractivity (Wildman–Crippen MR) is 221 cm³/mol. The number of allylic oxidation sites excluding steroid dienone is 3. The van der Waals surface area contributed by atoms with Gasteiger partial charge >= 0.3 is 0 Å². The highest BCUT2D eigenvalue weighted by Gasteiger charge is 2.14. The van der Waals surface area contributed by atoms with Crippen LogP contribution in [0.1, 0.15) is 18.1 Å². The van der Waals surface area contributed by atoms with E-state index in [1.807, 2.05) is 67.6 Å². The van der Waals surface area contributed by atoms with Crippen molar-refractivity contribution < 1.29 is 4.42 Å². The van der Waals surface area contributed by atoms with Crippen molar-refractivity contribution in [2.45, 2.75) is 13.8 Å². The average Bonchev–Trinajstić information content (AvgIpc) is 3.57. The number of benzene rings is 7. The second-order valence-electron chi connectivity index (χ2n) is 12.3. The molecule has 0 aliphatic rings. The van der Waals surface area contributed by atoms with Gasteiger partial charge in [0.2, 0.25) is 0 Å². The minimum absolute atomic E-state index is 0.598. The Hall–Kier alpha value is -6.29. The number of rotatable bonds is 6. The number of furan rings is 1. The Balaban J connectivity index is 0.000000233. The van der Waals surface area contributed by atoms with Crippen LogP contribution in [0.5, 0.6) is 0 Å². The van der Waals surface area contributed by atoms with E-state index in [0.717, 1.165) is 38.6 Å². The maximum absolute atomic E-state index is 7.86. The first-order chi connectivity index (χ1) is 25.0. The van der Waals surface area contributed by atoms with Gasteiger partial charge in [-0.05, 0) is 87.5 Å². The van der Waals surface area contributed by atoms with Crippen LogP contribution in [-0.4, -0.2) is 12.8 Å². The van der Waals surface area contributed by atoms with E-state index in [4.69, 9.17) is 15.6 Å². The Labute approximate surface area is 300 Å². The highest BCUT2D eigenvalue weighted by atomic mass is 16.3. The Morgan fingerprint density at radius 3 is 1.94 bits per heavy atom. The lowest BCUT2D eigenvalue weighted by molar-refractivity contribution is 0.669. The highest BCUT2D eigenvalue weighted by molar-refractivity contribution is 6.14. The summed E-state index contributed by atoms with van der Waals surface area (Å²) in [5, 5.41) is 14.9. The van der Waals surface area contributed by atoms with Crippen LogP contribution in [0.25, 0.3) is 65.7 Å². The summed E-state index contributed by atoms with van der Waals surface area (Å²) in [4.78, 5) is 0. The van der Waals surface area contributed by atoms with Gasteiger partial charge in [0, 0.05) is 29.1 Å². The molecule has 0 unspecified atom stereocenters. The zero-order valence-electron chi connectivity index (χ0n) is 29.1. The van der Waals surface area contributed by atoms with Crippen LogP contribution in [0, 0.1) is 12.3 Å². The molecule has 0 aliphatic carbocycles. The van der Waals surface area contributed by atoms with Gasteiger partial charge in [0.1, 0.15) is 11.2 Å². The second kappa shape index (κ2) is 16.4. The molecule has 0 aliphatic heterocycles. The Bertz CT molecular complexity index is 2520. The fourth-order valence-corrected chi connectivity index (χ4v) is 6.31. The molecule has 0 atom stereocenters. The number of hydrogen-bond donors (Lipinski definition) is 2. The molecule has 0 saturated heterocycles. The summed E-state index contributed by atoms with van der Waals surface area (Å²) in [6.07, 6.45) is 8.95. The van der Waals surface area contributed by atoms with Gasteiger partial charge in [-0.25, -0.2) is 0 Å². The molecule has 250 valence electrons. The minimum atomic E-state index is 0.598. The Morgan fingerprint density at radius 1 is 0.667 bits per heavy atom. The van der Waals surface area contributed by atoms with E-state index in [2.05, 4.69) is 117 Å². The van der Waals surface area contributed by atoms with Gasteiger partial charge in [-0.3, -0.25) is 0 Å². The van der Waals surface area contributed by atoms with Gasteiger partial charge in [0.25, 0.3) is 0 Å². The smallest absolute Gasteiger partial charge is 0.136 e. The molecule has 0 fully saturated rings. The van der Waals surface area contributed by atoms with Crippen molar-refractivity contribution in [1.29, 1.82) is 5.41 Å². The summed E-state index contributed by atoms with van der Waals surface area (Å²) in [6.45, 7) is 8.20. The van der Waals surface area contributed by atoms with Crippen LogP contribution in [0.3, 0.4) is 0 Å². The van der Waals surface area contributed by atoms with Gasteiger partial charge in [-0.15, -0.1) is 0 Å². The van der Waals surface area contributed by atoms with Gasteiger partial charge in [0.15, 0.2) is 0 Å². The predicted octanol–water partition coefficient (Wildman–Crippen LogP) is 12.9. The van der Waals surface area contributed by atoms with Gasteiger partial charge in [-0.2, -0.15) is 0 Å². The summed E-state index contributed by atoms with van der Waals surface area (Å²) < 4.78 is 6.09. The molecule has 0 amide bonds. The number of fused-ring (bicyclic) bond motifs is 6. The summed E-state index contributed by atoms with van der Waals surface area (Å²) in [6, 6.07) is 50.8. The topological polar surface area (TPSA) is 63.0 Å². The van der Waals surface area contributed by atoms with Crippen molar-refractivity contribution in [1.82, 2.24) is 0 Å². The summed E-state index contributed by atoms with van der Waals surface area (Å²) in [5.74, 6) is 0. The Morgan fingerprint density at radius 2 is 1.29 bits per heavy atom. The zero-order valence-corrected chi connectivity index (χ0v) is 29.1. The van der Waals surface area contributed by atoms with Crippen molar-refractivity contribution in [2.75, 3.05) is 6.54 Å². The van der Waals surface area contributed by atoms with Crippen molar-refractivity contribution in [3.63, 3.8) is 0 Å². The molecule has 51 heavy (non-hydrogen) atoms. The lowest BCUT2D eigenvalue weighted by Gasteiger charge is -2.12. The molecule has 0 spiro atoms. The van der Waals surface area contributed by atoms with Crippen molar-refractivity contribution >= 4 is 49.7 Å². The SMILES string of the molecule is C=C/C=C\C(=C/C)CN.Cc1ccccc1.N=Cc1cccc2oc3ccc(-c4ccccc4-c4ccc5ccc6ccccc6c5c4)cc3c12. The third-order valence-corrected chi connectivity index (χ3v) is 8.97. The van der Waals surface area contributed by atoms with Crippen LogP contribution in [0.2, 0.25) is 0 Å². The van der Waals surface area contributed by atoms with Crippen LogP contribution in [0.4, 0.5) is 0 Å². The van der Waals surface area contributed by atoms with Crippen LogP contribution in [0.15, 0.2) is 186 Å². The first-order valence-corrected chi connectivity index (χ1v) is 17.2. The third kappa shape index (κ3) is 7.80. The van der Waals surface area contributed by atoms with Crippen molar-refractivity contribution in [2.24, 2.45) is 5.73 Å². The van der Waals surface area contributed by atoms with E-state index >= 15 is 0 Å². The first kappa shape index (κ1) is 34.6. The van der Waals surface area contributed by atoms with E-state index < -0.39 is 0 Å². The number of nitrogens with one attached hydrogen (secondary N) is 1. The van der Waals surface area contributed by atoms with E-state index in [1.165, 1.54) is 50.0 Å². The molecule has 1 heterocycles. The summed E-state index contributed by atoms with van der Waals surface area (Å²) >= 11 is 0. The number of nitrogens with two attached hydrogens (primary N) is 1. The quantitative estimate of drug-likeness (QED) is 0.106. The fraction of sp³-hybridized carbons (Fsp3) is 0.0625. The van der Waals surface area contributed by atoms with E-state index in [0.29, 0.717) is 6.54 Å². The maximum Gasteiger partial charge on any atom is 0.136 e. The van der Waals surface area contributed by atoms with Crippen LogP contribution >= 0.6 is 0 Å². The molecule has 3 heteroatoms. The lowest BCUT2D eigenvalue weighted by atomic mass is 9.91. The molecule has 1 aromatic heterocycles. The molecule has 3 N–H and O–H groups in total. The molecular weight excluding hydrogens is 621 g/mol. The minimum Gasteiger partial charge on any atom is -0.456 e. The lowest BCUT2D eigenvalue weighted by Crippen LogP contribution is -1.99. The second-order valence-corrected chi connectivity index (χ2v) is 12.3. The fourth-order valence-electron chi connectivity index (χ4n) is 6.31. The average molecular weight is 663 g/mol. The van der Waals surface area contributed by atoms with Gasteiger partial charge < -0.3 is 15.6 Å². The largest absolute Gasteiger partial charge is 0.456 e. The van der Waals surface area contributed by atoms with E-state index in [9.17, 15) is 0 Å². The molecule has 3 nitrogen and oxygen atoms in total. The third-order valence-electron chi connectivity index (χ3n) is 8.97.